The highest BCUT2D eigenvalue weighted by Gasteiger charge is 2.02. The second-order valence-electron chi connectivity index (χ2n) is 4.38. The summed E-state index contributed by atoms with van der Waals surface area (Å²) in [6, 6.07) is 8.09. The van der Waals surface area contributed by atoms with E-state index in [4.69, 9.17) is 9.47 Å². The van der Waals surface area contributed by atoms with Crippen LogP contribution in [0, 0.1) is 0 Å². The predicted molar refractivity (Wildman–Crippen MR) is 75.0 cm³/mol. The monoisotopic (exact) mass is 249 g/mol. The van der Waals surface area contributed by atoms with E-state index in [9.17, 15) is 0 Å². The average Bonchev–Trinajstić information content (AvgIpc) is 2.37. The smallest absolute Gasteiger partial charge is 0.124 e. The van der Waals surface area contributed by atoms with E-state index < -0.39 is 0 Å². The minimum atomic E-state index is 0.570. The van der Waals surface area contributed by atoms with E-state index in [0.717, 1.165) is 37.4 Å². The molecule has 0 saturated carbocycles. The van der Waals surface area contributed by atoms with Crippen LogP contribution in [0.2, 0.25) is 0 Å². The van der Waals surface area contributed by atoms with Crippen molar-refractivity contribution < 1.29 is 9.47 Å². The maximum absolute atomic E-state index is 5.71. The van der Waals surface area contributed by atoms with Crippen LogP contribution in [0.1, 0.15) is 18.9 Å². The standard InChI is InChI=1S/C15H23NO2/c1-13(2)12-18-15-8-5-4-7-14(15)11-16-9-6-10-17-3/h4-5,7-8,16H,1,6,9-12H2,2-3H3. The Morgan fingerprint density at radius 2 is 2.11 bits per heavy atom. The van der Waals surface area contributed by atoms with Gasteiger partial charge in [-0.2, -0.15) is 0 Å². The van der Waals surface area contributed by atoms with Gasteiger partial charge in [-0.3, -0.25) is 0 Å². The first-order valence-corrected chi connectivity index (χ1v) is 6.28. The molecule has 0 bridgehead atoms. The first-order chi connectivity index (χ1) is 8.74. The highest BCUT2D eigenvalue weighted by atomic mass is 16.5. The first kappa shape index (κ1) is 14.7. The summed E-state index contributed by atoms with van der Waals surface area (Å²) in [6.07, 6.45) is 1.02. The Labute approximate surface area is 110 Å². The zero-order valence-electron chi connectivity index (χ0n) is 11.4. The van der Waals surface area contributed by atoms with Gasteiger partial charge in [0.2, 0.25) is 0 Å². The zero-order chi connectivity index (χ0) is 13.2. The quantitative estimate of drug-likeness (QED) is 0.539. The molecule has 1 aromatic rings. The zero-order valence-corrected chi connectivity index (χ0v) is 11.4. The fraction of sp³-hybridized carbons (Fsp3) is 0.467. The molecule has 0 aliphatic rings. The highest BCUT2D eigenvalue weighted by molar-refractivity contribution is 5.33. The SMILES string of the molecule is C=C(C)COc1ccccc1CNCCCOC. The van der Waals surface area contributed by atoms with Crippen molar-refractivity contribution in [1.29, 1.82) is 0 Å². The normalized spacial score (nSPS) is 10.3. The van der Waals surface area contributed by atoms with Crippen LogP contribution in [0.5, 0.6) is 5.75 Å². The topological polar surface area (TPSA) is 30.5 Å². The van der Waals surface area contributed by atoms with Crippen LogP contribution in [0.25, 0.3) is 0 Å². The Hall–Kier alpha value is -1.32. The molecule has 3 nitrogen and oxygen atoms in total. The van der Waals surface area contributed by atoms with Crippen LogP contribution in [0.3, 0.4) is 0 Å². The second kappa shape index (κ2) is 8.72. The van der Waals surface area contributed by atoms with Crippen LogP contribution < -0.4 is 10.1 Å². The number of nitrogens with one attached hydrogen (secondary N) is 1. The number of benzene rings is 1. The molecule has 3 heteroatoms. The molecule has 0 radical (unpaired) electrons. The summed E-state index contributed by atoms with van der Waals surface area (Å²) < 4.78 is 10.7. The molecule has 0 fully saturated rings. The Kier molecular flexibility index (Phi) is 7.14. The molecule has 1 rings (SSSR count). The van der Waals surface area contributed by atoms with E-state index in [-0.39, 0.29) is 0 Å². The lowest BCUT2D eigenvalue weighted by Gasteiger charge is -2.12. The average molecular weight is 249 g/mol. The van der Waals surface area contributed by atoms with Crippen LogP contribution in [0.4, 0.5) is 0 Å². The van der Waals surface area contributed by atoms with E-state index >= 15 is 0 Å². The van der Waals surface area contributed by atoms with Crippen molar-refractivity contribution in [2.75, 3.05) is 26.9 Å². The molecule has 0 saturated heterocycles. The van der Waals surface area contributed by atoms with Gasteiger partial charge in [0, 0.05) is 25.8 Å². The Morgan fingerprint density at radius 1 is 1.33 bits per heavy atom. The van der Waals surface area contributed by atoms with Crippen molar-refractivity contribution in [3.63, 3.8) is 0 Å². The fourth-order valence-corrected chi connectivity index (χ4v) is 1.56. The van der Waals surface area contributed by atoms with Gasteiger partial charge < -0.3 is 14.8 Å². The van der Waals surface area contributed by atoms with E-state index in [1.807, 2.05) is 25.1 Å². The molecule has 1 aromatic carbocycles. The van der Waals surface area contributed by atoms with Crippen molar-refractivity contribution >= 4 is 0 Å². The van der Waals surface area contributed by atoms with Gasteiger partial charge in [-0.05, 0) is 31.5 Å². The molecule has 0 aliphatic carbocycles. The molecular formula is C15H23NO2. The Balaban J connectivity index is 2.41. The molecule has 0 spiro atoms. The maximum Gasteiger partial charge on any atom is 0.124 e. The molecule has 0 atom stereocenters. The second-order valence-corrected chi connectivity index (χ2v) is 4.38. The van der Waals surface area contributed by atoms with E-state index in [0.29, 0.717) is 6.61 Å². The minimum Gasteiger partial charge on any atom is -0.489 e. The summed E-state index contributed by atoms with van der Waals surface area (Å²) in [5.41, 5.74) is 2.20. The van der Waals surface area contributed by atoms with Crippen molar-refractivity contribution in [2.24, 2.45) is 0 Å². The van der Waals surface area contributed by atoms with E-state index in [1.165, 1.54) is 5.56 Å². The minimum absolute atomic E-state index is 0.570. The number of rotatable bonds is 9. The Bertz CT molecular complexity index is 363. The van der Waals surface area contributed by atoms with Gasteiger partial charge in [0.25, 0.3) is 0 Å². The summed E-state index contributed by atoms with van der Waals surface area (Å²) >= 11 is 0. The molecule has 0 aromatic heterocycles. The first-order valence-electron chi connectivity index (χ1n) is 6.28. The molecule has 0 amide bonds. The van der Waals surface area contributed by atoms with Crippen molar-refractivity contribution in [3.05, 3.63) is 42.0 Å². The summed E-state index contributed by atoms with van der Waals surface area (Å²) in [6.45, 7) is 8.93. The van der Waals surface area contributed by atoms with Crippen LogP contribution >= 0.6 is 0 Å². The van der Waals surface area contributed by atoms with Crippen LogP contribution in [0.15, 0.2) is 36.4 Å². The number of methoxy groups -OCH3 is 1. The molecule has 0 aliphatic heterocycles. The maximum atomic E-state index is 5.71. The molecule has 18 heavy (non-hydrogen) atoms. The van der Waals surface area contributed by atoms with Gasteiger partial charge in [-0.15, -0.1) is 0 Å². The molecule has 0 heterocycles. The molecular weight excluding hydrogens is 226 g/mol. The number of para-hydroxylation sites is 1. The van der Waals surface area contributed by atoms with E-state index in [2.05, 4.69) is 18.0 Å². The predicted octanol–water partition coefficient (Wildman–Crippen LogP) is 2.77. The fourth-order valence-electron chi connectivity index (χ4n) is 1.56. The lowest BCUT2D eigenvalue weighted by Crippen LogP contribution is -2.16. The van der Waals surface area contributed by atoms with Gasteiger partial charge in [0.05, 0.1) is 0 Å². The largest absolute Gasteiger partial charge is 0.489 e. The van der Waals surface area contributed by atoms with Gasteiger partial charge in [-0.25, -0.2) is 0 Å². The van der Waals surface area contributed by atoms with Gasteiger partial charge in [0.1, 0.15) is 12.4 Å². The lowest BCUT2D eigenvalue weighted by molar-refractivity contribution is 0.194. The number of ether oxygens (including phenoxy) is 2. The molecule has 0 unspecified atom stereocenters. The third kappa shape index (κ3) is 5.84. The van der Waals surface area contributed by atoms with Gasteiger partial charge in [0.15, 0.2) is 0 Å². The summed E-state index contributed by atoms with van der Waals surface area (Å²) in [7, 11) is 1.72. The summed E-state index contributed by atoms with van der Waals surface area (Å²) in [5.74, 6) is 0.930. The highest BCUT2D eigenvalue weighted by Crippen LogP contribution is 2.18. The third-order valence-electron chi connectivity index (χ3n) is 2.46. The van der Waals surface area contributed by atoms with Gasteiger partial charge in [-0.1, -0.05) is 24.8 Å². The Morgan fingerprint density at radius 3 is 2.83 bits per heavy atom. The molecule has 100 valence electrons. The number of hydrogen-bond acceptors (Lipinski definition) is 3. The van der Waals surface area contributed by atoms with Gasteiger partial charge >= 0.3 is 0 Å². The van der Waals surface area contributed by atoms with Crippen molar-refractivity contribution in [2.45, 2.75) is 19.9 Å². The van der Waals surface area contributed by atoms with Crippen LogP contribution in [-0.2, 0) is 11.3 Å². The summed E-state index contributed by atoms with van der Waals surface area (Å²) in [5, 5.41) is 3.38. The van der Waals surface area contributed by atoms with E-state index in [1.54, 1.807) is 7.11 Å². The van der Waals surface area contributed by atoms with Crippen LogP contribution in [-0.4, -0.2) is 26.9 Å². The summed E-state index contributed by atoms with van der Waals surface area (Å²) in [4.78, 5) is 0. The number of hydrogen-bond donors (Lipinski definition) is 1. The van der Waals surface area contributed by atoms with Crippen molar-refractivity contribution in [1.82, 2.24) is 5.32 Å². The van der Waals surface area contributed by atoms with Crippen molar-refractivity contribution in [3.8, 4) is 5.75 Å². The molecule has 1 N–H and O–H groups in total. The third-order valence-corrected chi connectivity index (χ3v) is 2.46. The lowest BCUT2D eigenvalue weighted by atomic mass is 10.2.